The molecule has 174 valence electrons. The molecule has 1 heterocycles. The van der Waals surface area contributed by atoms with Crippen molar-refractivity contribution in [3.63, 3.8) is 0 Å². The van der Waals surface area contributed by atoms with Gasteiger partial charge in [-0.3, -0.25) is 9.05 Å². The van der Waals surface area contributed by atoms with Crippen LogP contribution in [0.25, 0.3) is 0 Å². The summed E-state index contributed by atoms with van der Waals surface area (Å²) >= 11 is 0. The van der Waals surface area contributed by atoms with E-state index in [4.69, 9.17) is 18.5 Å². The van der Waals surface area contributed by atoms with Crippen molar-refractivity contribution in [1.29, 1.82) is 0 Å². The molecule has 0 saturated carbocycles. The SMILES string of the molecule is CCCCCCCCCCCCOCCOP(=O)(O)OCC[N+]1(C)CCOCC1. The monoisotopic (exact) mass is 438 g/mol. The van der Waals surface area contributed by atoms with Crippen molar-refractivity contribution in [1.82, 2.24) is 0 Å². The van der Waals surface area contributed by atoms with Crippen LogP contribution in [0.1, 0.15) is 71.1 Å². The number of hydrogen-bond acceptors (Lipinski definition) is 5. The summed E-state index contributed by atoms with van der Waals surface area (Å²) in [5.41, 5.74) is 0. The average Bonchev–Trinajstić information content (AvgIpc) is 2.68. The molecule has 1 saturated heterocycles. The summed E-state index contributed by atoms with van der Waals surface area (Å²) in [5, 5.41) is 0. The van der Waals surface area contributed by atoms with E-state index < -0.39 is 7.82 Å². The third kappa shape index (κ3) is 15.4. The van der Waals surface area contributed by atoms with Crippen LogP contribution < -0.4 is 0 Å². The van der Waals surface area contributed by atoms with Crippen LogP contribution in [0.5, 0.6) is 0 Å². The van der Waals surface area contributed by atoms with Gasteiger partial charge in [0.1, 0.15) is 26.2 Å². The van der Waals surface area contributed by atoms with E-state index in [1.165, 1.54) is 57.8 Å². The summed E-state index contributed by atoms with van der Waals surface area (Å²) in [4.78, 5) is 9.74. The second-order valence-electron chi connectivity index (χ2n) is 8.33. The Balaban J connectivity index is 1.87. The topological polar surface area (TPSA) is 74.2 Å². The van der Waals surface area contributed by atoms with Crippen LogP contribution in [0.3, 0.4) is 0 Å². The standard InChI is InChI=1S/C21H44NO6P/c1-3-4-5-6-7-8-9-10-11-12-16-25-20-21-28-29(23,24)27-19-15-22(2)13-17-26-18-14-22/h3-21H2,1-2H3/p+1. The molecule has 0 aromatic carbocycles. The molecule has 1 atom stereocenters. The highest BCUT2D eigenvalue weighted by Crippen LogP contribution is 2.42. The van der Waals surface area contributed by atoms with Crippen LogP contribution >= 0.6 is 7.82 Å². The highest BCUT2D eigenvalue weighted by atomic mass is 31.2. The minimum atomic E-state index is -4.00. The number of unbranched alkanes of at least 4 members (excludes halogenated alkanes) is 9. The van der Waals surface area contributed by atoms with Gasteiger partial charge in [-0.2, -0.15) is 0 Å². The maximum atomic E-state index is 11.9. The van der Waals surface area contributed by atoms with E-state index in [1.54, 1.807) is 0 Å². The highest BCUT2D eigenvalue weighted by Gasteiger charge is 2.27. The fourth-order valence-corrected chi connectivity index (χ4v) is 4.12. The maximum absolute atomic E-state index is 11.9. The molecular weight excluding hydrogens is 393 g/mol. The molecule has 0 bridgehead atoms. The molecule has 7 nitrogen and oxygen atoms in total. The summed E-state index contributed by atoms with van der Waals surface area (Å²) in [5.74, 6) is 0. The van der Waals surface area contributed by atoms with E-state index in [1.807, 2.05) is 0 Å². The third-order valence-electron chi connectivity index (χ3n) is 5.56. The molecule has 1 aliphatic heterocycles. The van der Waals surface area contributed by atoms with E-state index >= 15 is 0 Å². The van der Waals surface area contributed by atoms with Gasteiger partial charge in [-0.15, -0.1) is 0 Å². The molecule has 1 aliphatic rings. The quantitative estimate of drug-likeness (QED) is 0.181. The van der Waals surface area contributed by atoms with Crippen LogP contribution in [-0.4, -0.2) is 75.7 Å². The number of quaternary nitrogens is 1. The Morgan fingerprint density at radius 3 is 2.00 bits per heavy atom. The van der Waals surface area contributed by atoms with Gasteiger partial charge in [0.2, 0.25) is 0 Å². The highest BCUT2D eigenvalue weighted by molar-refractivity contribution is 7.47. The molecule has 0 spiro atoms. The summed E-state index contributed by atoms with van der Waals surface area (Å²) < 4.78 is 33.6. The number of nitrogens with zero attached hydrogens (tertiary/aromatic N) is 1. The van der Waals surface area contributed by atoms with Crippen molar-refractivity contribution in [2.45, 2.75) is 71.1 Å². The number of phosphoric acid groups is 1. The Labute approximate surface area is 178 Å². The smallest absolute Gasteiger partial charge is 0.379 e. The van der Waals surface area contributed by atoms with E-state index in [-0.39, 0.29) is 13.2 Å². The molecule has 0 aliphatic carbocycles. The van der Waals surface area contributed by atoms with Crippen LogP contribution in [-0.2, 0) is 23.1 Å². The number of hydrogen-bond donors (Lipinski definition) is 1. The minimum Gasteiger partial charge on any atom is -0.379 e. The van der Waals surface area contributed by atoms with E-state index in [0.717, 1.165) is 37.2 Å². The van der Waals surface area contributed by atoms with Crippen LogP contribution in [0.4, 0.5) is 0 Å². The number of phosphoric ester groups is 1. The van der Waals surface area contributed by atoms with E-state index in [2.05, 4.69) is 14.0 Å². The first-order chi connectivity index (χ1) is 14.0. The van der Waals surface area contributed by atoms with Gasteiger partial charge in [0.25, 0.3) is 0 Å². The van der Waals surface area contributed by atoms with Crippen molar-refractivity contribution < 1.29 is 32.5 Å². The lowest BCUT2D eigenvalue weighted by Crippen LogP contribution is -2.53. The third-order valence-corrected chi connectivity index (χ3v) is 6.58. The molecule has 0 radical (unpaired) electrons. The zero-order valence-electron chi connectivity index (χ0n) is 18.8. The second-order valence-corrected chi connectivity index (χ2v) is 9.79. The van der Waals surface area contributed by atoms with Gasteiger partial charge in [0.15, 0.2) is 0 Å². The molecule has 1 N–H and O–H groups in total. The summed E-state index contributed by atoms with van der Waals surface area (Å²) in [6, 6.07) is 0. The Bertz CT molecular complexity index is 431. The van der Waals surface area contributed by atoms with Crippen molar-refractivity contribution in [2.24, 2.45) is 0 Å². The van der Waals surface area contributed by atoms with E-state index in [9.17, 15) is 9.46 Å². The zero-order valence-corrected chi connectivity index (χ0v) is 19.7. The normalized spacial score (nSPS) is 18.6. The van der Waals surface area contributed by atoms with Crippen LogP contribution in [0, 0.1) is 0 Å². The van der Waals surface area contributed by atoms with Gasteiger partial charge in [0, 0.05) is 6.61 Å². The van der Waals surface area contributed by atoms with Crippen LogP contribution in [0.15, 0.2) is 0 Å². The Morgan fingerprint density at radius 2 is 1.38 bits per heavy atom. The van der Waals surface area contributed by atoms with Crippen molar-refractivity contribution >= 4 is 7.82 Å². The fourth-order valence-electron chi connectivity index (χ4n) is 3.43. The zero-order chi connectivity index (χ0) is 21.3. The van der Waals surface area contributed by atoms with Gasteiger partial charge < -0.3 is 18.9 Å². The average molecular weight is 439 g/mol. The Kier molecular flexibility index (Phi) is 15.5. The minimum absolute atomic E-state index is 0.0749. The van der Waals surface area contributed by atoms with Gasteiger partial charge in [-0.1, -0.05) is 64.7 Å². The van der Waals surface area contributed by atoms with Gasteiger partial charge in [-0.25, -0.2) is 4.57 Å². The van der Waals surface area contributed by atoms with E-state index in [0.29, 0.717) is 19.8 Å². The fraction of sp³-hybridized carbons (Fsp3) is 1.00. The van der Waals surface area contributed by atoms with Crippen LogP contribution in [0.2, 0.25) is 0 Å². The maximum Gasteiger partial charge on any atom is 0.472 e. The number of rotatable bonds is 19. The molecule has 8 heteroatoms. The predicted molar refractivity (Wildman–Crippen MR) is 116 cm³/mol. The molecule has 29 heavy (non-hydrogen) atoms. The first-order valence-electron chi connectivity index (χ1n) is 11.6. The second kappa shape index (κ2) is 16.7. The molecule has 0 aromatic rings. The van der Waals surface area contributed by atoms with Gasteiger partial charge in [-0.05, 0) is 6.42 Å². The van der Waals surface area contributed by atoms with Gasteiger partial charge >= 0.3 is 7.82 Å². The lowest BCUT2D eigenvalue weighted by Gasteiger charge is -2.37. The first kappa shape index (κ1) is 27.0. The number of likely N-dealkylation sites (N-methyl/N-ethyl adjacent to an activating group) is 1. The molecule has 1 fully saturated rings. The van der Waals surface area contributed by atoms with Crippen molar-refractivity contribution in [3.8, 4) is 0 Å². The Hall–Kier alpha value is -0.0100. The summed E-state index contributed by atoms with van der Waals surface area (Å²) in [7, 11) is -1.89. The number of ether oxygens (including phenoxy) is 2. The molecule has 1 unspecified atom stereocenters. The molecular formula is C21H45NO6P+. The van der Waals surface area contributed by atoms with Gasteiger partial charge in [0.05, 0.1) is 33.5 Å². The molecule has 0 amide bonds. The Morgan fingerprint density at radius 1 is 0.828 bits per heavy atom. The molecule has 1 rings (SSSR count). The van der Waals surface area contributed by atoms with Crippen molar-refractivity contribution in [2.75, 3.05) is 66.3 Å². The molecule has 0 aromatic heterocycles. The number of morpholine rings is 1. The predicted octanol–water partition coefficient (Wildman–Crippen LogP) is 4.53. The first-order valence-corrected chi connectivity index (χ1v) is 13.1. The lowest BCUT2D eigenvalue weighted by molar-refractivity contribution is -0.916. The summed E-state index contributed by atoms with van der Waals surface area (Å²) in [6.45, 7) is 7.42. The largest absolute Gasteiger partial charge is 0.472 e. The lowest BCUT2D eigenvalue weighted by atomic mass is 10.1. The summed E-state index contributed by atoms with van der Waals surface area (Å²) in [6.07, 6.45) is 12.9. The van der Waals surface area contributed by atoms with Crippen molar-refractivity contribution in [3.05, 3.63) is 0 Å².